The largest absolute Gasteiger partial charge is 0.748 e. The van der Waals surface area contributed by atoms with Crippen molar-refractivity contribution in [1.82, 2.24) is 0 Å². The van der Waals surface area contributed by atoms with Crippen molar-refractivity contribution in [2.75, 3.05) is 6.26 Å². The summed E-state index contributed by atoms with van der Waals surface area (Å²) in [6.07, 6.45) is 11.1. The van der Waals surface area contributed by atoms with Gasteiger partial charge in [0.1, 0.15) is 23.2 Å². The zero-order valence-electron chi connectivity index (χ0n) is 21.6. The predicted octanol–water partition coefficient (Wildman–Crippen LogP) is 6.97. The predicted molar refractivity (Wildman–Crippen MR) is 153 cm³/mol. The summed E-state index contributed by atoms with van der Waals surface area (Å²) in [7, 11) is -6.30. The quantitative estimate of drug-likeness (QED) is 0.136. The van der Waals surface area contributed by atoms with E-state index in [4.69, 9.17) is 13.0 Å². The van der Waals surface area contributed by atoms with Crippen LogP contribution in [0.4, 0.5) is 4.39 Å². The Kier molecular flexibility index (Phi) is 13.3. The van der Waals surface area contributed by atoms with Crippen molar-refractivity contribution in [2.24, 2.45) is 0 Å². The highest BCUT2D eigenvalue weighted by Crippen LogP contribution is 2.61. The third-order valence-corrected chi connectivity index (χ3v) is 10.6. The summed E-state index contributed by atoms with van der Waals surface area (Å²) in [6, 6.07) is 31.2. The van der Waals surface area contributed by atoms with Gasteiger partial charge < -0.3 is 4.55 Å². The molecule has 0 amide bonds. The molecule has 0 saturated heterocycles. The molecule has 0 aromatic heterocycles. The number of halogens is 1. The van der Waals surface area contributed by atoms with Gasteiger partial charge in [0, 0.05) is 12.7 Å². The van der Waals surface area contributed by atoms with E-state index in [1.165, 1.54) is 38.5 Å². The summed E-state index contributed by atoms with van der Waals surface area (Å²) in [5.41, 5.74) is 0. The zero-order valence-corrected chi connectivity index (χ0v) is 23.3. The molecule has 0 fully saturated rings. The molecular weight excluding hydrogens is 490 g/mol. The molecule has 36 heavy (non-hydrogen) atoms. The highest BCUT2D eigenvalue weighted by molar-refractivity contribution is 7.96. The average molecular weight is 531 g/mol. The van der Waals surface area contributed by atoms with Crippen LogP contribution in [0.3, 0.4) is 0 Å². The number of hydrogen-bond acceptors (Lipinski definition) is 3. The van der Waals surface area contributed by atoms with Gasteiger partial charge >= 0.3 is 0 Å². The van der Waals surface area contributed by atoms with Gasteiger partial charge in [-0.05, 0) is 42.8 Å². The van der Waals surface area contributed by atoms with Gasteiger partial charge in [0.15, 0.2) is 0 Å². The summed E-state index contributed by atoms with van der Waals surface area (Å²) in [6.45, 7) is 2.25. The van der Waals surface area contributed by atoms with E-state index in [-0.39, 0.29) is 0 Å². The third kappa shape index (κ3) is 9.76. The van der Waals surface area contributed by atoms with E-state index in [0.29, 0.717) is 12.7 Å². The molecule has 3 rings (SSSR count). The highest BCUT2D eigenvalue weighted by Gasteiger charge is 2.52. The maximum Gasteiger partial charge on any atom is 0.219 e. The summed E-state index contributed by atoms with van der Waals surface area (Å²) in [5.74, 6) is -0.875. The normalized spacial score (nSPS) is 12.4. The number of alkyl halides is 1. The van der Waals surface area contributed by atoms with E-state index < -0.39 is 23.3 Å². The fourth-order valence-electron chi connectivity index (χ4n) is 4.56. The van der Waals surface area contributed by atoms with E-state index in [1.54, 1.807) is 0 Å². The third-order valence-electron chi connectivity index (χ3n) is 6.21. The number of hydrogen-bond donors (Lipinski definition) is 0. The summed E-state index contributed by atoms with van der Waals surface area (Å²) >= 11 is 0. The van der Waals surface area contributed by atoms with Crippen LogP contribution < -0.4 is 15.9 Å². The van der Waals surface area contributed by atoms with E-state index in [2.05, 4.69) is 79.7 Å². The fourth-order valence-corrected chi connectivity index (χ4v) is 8.92. The van der Waals surface area contributed by atoms with Crippen molar-refractivity contribution in [3.05, 3.63) is 91.0 Å². The van der Waals surface area contributed by atoms with Gasteiger partial charge in [0.2, 0.25) is 5.91 Å². The van der Waals surface area contributed by atoms with Crippen molar-refractivity contribution in [3.63, 3.8) is 0 Å². The smallest absolute Gasteiger partial charge is 0.219 e. The minimum atomic E-state index is -3.92. The average Bonchev–Trinajstić information content (AvgIpc) is 2.87. The van der Waals surface area contributed by atoms with Crippen LogP contribution >= 0.6 is 7.26 Å². The highest BCUT2D eigenvalue weighted by atomic mass is 32.2. The van der Waals surface area contributed by atoms with Crippen LogP contribution in [0.25, 0.3) is 0 Å². The van der Waals surface area contributed by atoms with Crippen molar-refractivity contribution in [3.8, 4) is 0 Å². The zero-order chi connectivity index (χ0) is 26.3. The van der Waals surface area contributed by atoms with E-state index in [1.807, 2.05) is 18.2 Å². The Morgan fingerprint density at radius 3 is 1.31 bits per heavy atom. The second kappa shape index (κ2) is 15.9. The monoisotopic (exact) mass is 530 g/mol. The first-order valence-electron chi connectivity index (χ1n) is 12.9. The molecule has 0 heterocycles. The van der Waals surface area contributed by atoms with Gasteiger partial charge in [0.25, 0.3) is 0 Å². The lowest BCUT2D eigenvalue weighted by atomic mass is 10.1. The fraction of sp³-hybridized carbons (Fsp3) is 0.400. The van der Waals surface area contributed by atoms with Crippen LogP contribution in [0.2, 0.25) is 0 Å². The van der Waals surface area contributed by atoms with Crippen LogP contribution in [0.15, 0.2) is 91.0 Å². The maximum absolute atomic E-state index is 16.5. The Morgan fingerprint density at radius 1 is 0.667 bits per heavy atom. The summed E-state index contributed by atoms with van der Waals surface area (Å²) in [4.78, 5) is 0. The van der Waals surface area contributed by atoms with Crippen molar-refractivity contribution < 1.29 is 17.4 Å². The lowest BCUT2D eigenvalue weighted by Crippen LogP contribution is -2.37. The second-order valence-electron chi connectivity index (χ2n) is 9.13. The van der Waals surface area contributed by atoms with Gasteiger partial charge in [0.05, 0.1) is 10.1 Å². The first kappa shape index (κ1) is 30.2. The first-order chi connectivity index (χ1) is 17.3. The number of benzene rings is 3. The Balaban J connectivity index is 0.000000830. The van der Waals surface area contributed by atoms with E-state index in [0.717, 1.165) is 28.8 Å². The lowest BCUT2D eigenvalue weighted by Gasteiger charge is -2.30. The standard InChI is InChI=1S/C29H37FP.CH4O3S/c1-2-3-4-5-6-7-8-18-25-29(30)31(26-19-12-9-13-20-26,27-21-14-10-15-22-27)28-23-16-11-17-24-28;1-5(2,3)4/h9-17,19-24,29H,2-8,18,25H2,1H3;1H3,(H,2,3,4)/q+1;/p-1. The molecule has 196 valence electrons. The summed E-state index contributed by atoms with van der Waals surface area (Å²) in [5, 5.41) is 3.42. The van der Waals surface area contributed by atoms with Crippen LogP contribution in [-0.4, -0.2) is 25.1 Å². The molecular formula is C30H40FO3PS. The molecule has 0 N–H and O–H groups in total. The Hall–Kier alpha value is -2.07. The lowest BCUT2D eigenvalue weighted by molar-refractivity contribution is 0.404. The van der Waals surface area contributed by atoms with Gasteiger partial charge in [-0.2, -0.15) is 0 Å². The molecule has 0 aliphatic heterocycles. The van der Waals surface area contributed by atoms with E-state index >= 15 is 4.39 Å². The Bertz CT molecular complexity index is 972. The number of unbranched alkanes of at least 4 members (excludes halogenated alkanes) is 7. The number of rotatable bonds is 13. The van der Waals surface area contributed by atoms with Crippen molar-refractivity contribution in [1.29, 1.82) is 0 Å². The van der Waals surface area contributed by atoms with Crippen LogP contribution in [-0.2, 0) is 10.1 Å². The first-order valence-corrected chi connectivity index (χ1v) is 16.6. The molecule has 0 aliphatic rings. The summed E-state index contributed by atoms with van der Waals surface area (Å²) < 4.78 is 43.7. The van der Waals surface area contributed by atoms with Crippen molar-refractivity contribution in [2.45, 2.75) is 70.6 Å². The van der Waals surface area contributed by atoms with Gasteiger partial charge in [-0.15, -0.1) is 0 Å². The van der Waals surface area contributed by atoms with Crippen LogP contribution in [0.5, 0.6) is 0 Å². The Morgan fingerprint density at radius 2 is 0.972 bits per heavy atom. The van der Waals surface area contributed by atoms with Gasteiger partial charge in [-0.3, -0.25) is 0 Å². The van der Waals surface area contributed by atoms with Crippen molar-refractivity contribution >= 4 is 33.3 Å². The molecule has 0 saturated carbocycles. The molecule has 3 aromatic carbocycles. The molecule has 1 atom stereocenters. The minimum absolute atomic E-state index is 0.604. The maximum atomic E-state index is 16.5. The molecule has 6 heteroatoms. The molecule has 3 aromatic rings. The second-order valence-corrected chi connectivity index (χ2v) is 14.1. The SMILES string of the molecule is CCCCCCCCCCC(F)[P+](c1ccccc1)(c1ccccc1)c1ccccc1.CS(=O)(=O)[O-]. The molecule has 3 nitrogen and oxygen atoms in total. The molecule has 0 spiro atoms. The molecule has 0 radical (unpaired) electrons. The van der Waals surface area contributed by atoms with Crippen LogP contribution in [0.1, 0.15) is 64.7 Å². The van der Waals surface area contributed by atoms with Gasteiger partial charge in [-0.1, -0.05) is 106 Å². The van der Waals surface area contributed by atoms with Crippen LogP contribution in [0, 0.1) is 0 Å². The van der Waals surface area contributed by atoms with Gasteiger partial charge in [-0.25, -0.2) is 12.8 Å². The Labute approximate surface area is 218 Å². The molecule has 1 unspecified atom stereocenters. The molecule has 0 bridgehead atoms. The minimum Gasteiger partial charge on any atom is -0.748 e. The topological polar surface area (TPSA) is 57.2 Å². The molecule has 0 aliphatic carbocycles. The van der Waals surface area contributed by atoms with E-state index in [9.17, 15) is 0 Å².